The van der Waals surface area contributed by atoms with Gasteiger partial charge in [-0.2, -0.15) is 0 Å². The molecule has 92 valence electrons. The van der Waals surface area contributed by atoms with Crippen LogP contribution in [0.15, 0.2) is 17.8 Å². The fourth-order valence-electron chi connectivity index (χ4n) is 2.13. The molecule has 0 aliphatic heterocycles. The maximum absolute atomic E-state index is 4.59. The summed E-state index contributed by atoms with van der Waals surface area (Å²) in [6, 6.07) is 2.28. The molecule has 1 nitrogen and oxygen atoms in total. The first-order chi connectivity index (χ1) is 7.68. The lowest BCUT2D eigenvalue weighted by Crippen LogP contribution is -2.14. The van der Waals surface area contributed by atoms with Crippen molar-refractivity contribution >= 4 is 6.08 Å². The lowest BCUT2D eigenvalue weighted by Gasteiger charge is -2.20. The second kappa shape index (κ2) is 3.69. The van der Waals surface area contributed by atoms with E-state index < -0.39 is 0 Å². The van der Waals surface area contributed by atoms with Crippen LogP contribution in [0.4, 0.5) is 0 Å². The lowest BCUT2D eigenvalue weighted by atomic mass is 9.85. The van der Waals surface area contributed by atoms with Crippen LogP contribution in [0.25, 0.3) is 6.08 Å². The molecule has 1 aromatic rings. The summed E-state index contributed by atoms with van der Waals surface area (Å²) in [6.07, 6.45) is 5.44. The van der Waals surface area contributed by atoms with E-state index in [2.05, 4.69) is 58.7 Å². The van der Waals surface area contributed by atoms with Gasteiger partial charge in [-0.1, -0.05) is 53.2 Å². The van der Waals surface area contributed by atoms with Gasteiger partial charge in [-0.05, 0) is 29.0 Å². The summed E-state index contributed by atoms with van der Waals surface area (Å²) < 4.78 is 0. The molecule has 0 radical (unpaired) electrons. The Hall–Kier alpha value is -1.11. The highest BCUT2D eigenvalue weighted by molar-refractivity contribution is 5.64. The molecule has 1 aromatic heterocycles. The molecule has 1 aliphatic rings. The van der Waals surface area contributed by atoms with Crippen LogP contribution < -0.4 is 0 Å². The molecular formula is C16H23N. The number of hydrogen-bond acceptors (Lipinski definition) is 1. The Morgan fingerprint density at radius 2 is 1.65 bits per heavy atom. The smallest absolute Gasteiger partial charge is 0.0460 e. The van der Waals surface area contributed by atoms with Gasteiger partial charge in [0.1, 0.15) is 0 Å². The molecule has 1 aliphatic carbocycles. The number of hydrogen-bond donors (Lipinski definition) is 0. The second-order valence-corrected chi connectivity index (χ2v) is 7.11. The molecule has 0 saturated heterocycles. The average molecular weight is 229 g/mol. The van der Waals surface area contributed by atoms with E-state index in [4.69, 9.17) is 0 Å². The number of fused-ring (bicyclic) bond motifs is 1. The van der Waals surface area contributed by atoms with Crippen molar-refractivity contribution in [2.24, 2.45) is 5.41 Å². The summed E-state index contributed by atoms with van der Waals surface area (Å²) in [5.74, 6) is 0. The highest BCUT2D eigenvalue weighted by atomic mass is 14.7. The van der Waals surface area contributed by atoms with Gasteiger partial charge in [-0.15, -0.1) is 0 Å². The summed E-state index contributed by atoms with van der Waals surface area (Å²) >= 11 is 0. The topological polar surface area (TPSA) is 12.9 Å². The fourth-order valence-corrected chi connectivity index (χ4v) is 2.13. The van der Waals surface area contributed by atoms with E-state index in [1.807, 2.05) is 6.20 Å². The first-order valence-electron chi connectivity index (χ1n) is 6.38. The van der Waals surface area contributed by atoms with Crippen LogP contribution in [0, 0.1) is 5.41 Å². The van der Waals surface area contributed by atoms with Gasteiger partial charge >= 0.3 is 0 Å². The Bertz CT molecular complexity index is 467. The third kappa shape index (κ3) is 2.43. The standard InChI is InChI=1S/C16H23N/c1-15(2,3)13-7-11-9-14(16(4,5)6)17-10-12(11)8-13/h8-10H,7H2,1-6H3. The van der Waals surface area contributed by atoms with Crippen LogP contribution in [0.2, 0.25) is 0 Å². The SMILES string of the molecule is CC(C)(C)C1=Cc2cnc(C(C)(C)C)cc2C1. The minimum atomic E-state index is 0.138. The van der Waals surface area contributed by atoms with Gasteiger partial charge in [0, 0.05) is 17.3 Å². The Labute approximate surface area is 105 Å². The third-order valence-electron chi connectivity index (χ3n) is 3.47. The van der Waals surface area contributed by atoms with Crippen molar-refractivity contribution < 1.29 is 0 Å². The minimum absolute atomic E-state index is 0.138. The third-order valence-corrected chi connectivity index (χ3v) is 3.47. The van der Waals surface area contributed by atoms with Gasteiger partial charge in [0.2, 0.25) is 0 Å². The second-order valence-electron chi connectivity index (χ2n) is 7.11. The molecule has 2 rings (SSSR count). The van der Waals surface area contributed by atoms with E-state index in [0.29, 0.717) is 0 Å². The van der Waals surface area contributed by atoms with E-state index in [-0.39, 0.29) is 10.8 Å². The van der Waals surface area contributed by atoms with Gasteiger partial charge in [0.05, 0.1) is 0 Å². The van der Waals surface area contributed by atoms with Crippen molar-refractivity contribution in [2.75, 3.05) is 0 Å². The van der Waals surface area contributed by atoms with Gasteiger partial charge in [-0.3, -0.25) is 4.98 Å². The van der Waals surface area contributed by atoms with Crippen LogP contribution in [0.3, 0.4) is 0 Å². The van der Waals surface area contributed by atoms with Crippen molar-refractivity contribution in [1.29, 1.82) is 0 Å². The molecule has 0 amide bonds. The zero-order chi connectivity index (χ0) is 12.8. The zero-order valence-corrected chi connectivity index (χ0v) is 11.9. The van der Waals surface area contributed by atoms with E-state index in [1.54, 1.807) is 0 Å². The molecule has 0 fully saturated rings. The van der Waals surface area contributed by atoms with Crippen LogP contribution in [-0.4, -0.2) is 4.98 Å². The van der Waals surface area contributed by atoms with E-state index in [0.717, 1.165) is 6.42 Å². The van der Waals surface area contributed by atoms with Gasteiger partial charge < -0.3 is 0 Å². The highest BCUT2D eigenvalue weighted by Gasteiger charge is 2.25. The van der Waals surface area contributed by atoms with E-state index in [1.165, 1.54) is 22.4 Å². The van der Waals surface area contributed by atoms with Crippen molar-refractivity contribution in [2.45, 2.75) is 53.4 Å². The normalized spacial score (nSPS) is 15.8. The molecule has 0 saturated carbocycles. The van der Waals surface area contributed by atoms with Crippen molar-refractivity contribution in [3.63, 3.8) is 0 Å². The molecule has 0 atom stereocenters. The molecule has 0 aromatic carbocycles. The minimum Gasteiger partial charge on any atom is -0.260 e. The molecule has 0 spiro atoms. The Balaban J connectivity index is 2.35. The maximum Gasteiger partial charge on any atom is 0.0460 e. The largest absolute Gasteiger partial charge is 0.260 e. The molecule has 17 heavy (non-hydrogen) atoms. The van der Waals surface area contributed by atoms with Crippen molar-refractivity contribution in [3.05, 3.63) is 34.7 Å². The molecule has 0 N–H and O–H groups in total. The van der Waals surface area contributed by atoms with E-state index in [9.17, 15) is 0 Å². The van der Waals surface area contributed by atoms with Crippen LogP contribution >= 0.6 is 0 Å². The number of aromatic nitrogens is 1. The van der Waals surface area contributed by atoms with E-state index >= 15 is 0 Å². The fraction of sp³-hybridized carbons (Fsp3) is 0.562. The van der Waals surface area contributed by atoms with Gasteiger partial charge in [-0.25, -0.2) is 0 Å². The predicted molar refractivity (Wildman–Crippen MR) is 74.1 cm³/mol. The molecule has 0 unspecified atom stereocenters. The van der Waals surface area contributed by atoms with Crippen LogP contribution in [0.5, 0.6) is 0 Å². The first-order valence-corrected chi connectivity index (χ1v) is 6.38. The molecular weight excluding hydrogens is 206 g/mol. The Morgan fingerprint density at radius 1 is 1.00 bits per heavy atom. The number of nitrogens with zero attached hydrogens (tertiary/aromatic N) is 1. The maximum atomic E-state index is 4.59. The summed E-state index contributed by atoms with van der Waals surface area (Å²) in [6.45, 7) is 13.5. The zero-order valence-electron chi connectivity index (χ0n) is 11.9. The first kappa shape index (κ1) is 12.3. The van der Waals surface area contributed by atoms with Crippen LogP contribution in [-0.2, 0) is 11.8 Å². The Kier molecular flexibility index (Phi) is 2.68. The summed E-state index contributed by atoms with van der Waals surface area (Å²) in [5, 5.41) is 0. The predicted octanol–water partition coefficient (Wildman–Crippen LogP) is 4.36. The van der Waals surface area contributed by atoms with Gasteiger partial charge in [0.15, 0.2) is 0 Å². The van der Waals surface area contributed by atoms with Crippen molar-refractivity contribution in [3.8, 4) is 0 Å². The highest BCUT2D eigenvalue weighted by Crippen LogP contribution is 2.37. The Morgan fingerprint density at radius 3 is 2.18 bits per heavy atom. The molecule has 1 heteroatoms. The monoisotopic (exact) mass is 229 g/mol. The number of pyridine rings is 1. The summed E-state index contributed by atoms with van der Waals surface area (Å²) in [7, 11) is 0. The average Bonchev–Trinajstić information content (AvgIpc) is 2.57. The molecule has 0 bridgehead atoms. The van der Waals surface area contributed by atoms with Gasteiger partial charge in [0.25, 0.3) is 0 Å². The quantitative estimate of drug-likeness (QED) is 0.644. The van der Waals surface area contributed by atoms with Crippen molar-refractivity contribution in [1.82, 2.24) is 4.98 Å². The number of allylic oxidation sites excluding steroid dienone is 1. The molecule has 1 heterocycles. The summed E-state index contributed by atoms with van der Waals surface area (Å²) in [4.78, 5) is 4.59. The number of rotatable bonds is 0. The summed E-state index contributed by atoms with van der Waals surface area (Å²) in [5.41, 5.74) is 5.86. The lowest BCUT2D eigenvalue weighted by molar-refractivity contribution is 0.498. The van der Waals surface area contributed by atoms with Crippen LogP contribution in [0.1, 0.15) is 58.4 Å².